The zero-order valence-electron chi connectivity index (χ0n) is 19.9. The first-order chi connectivity index (χ1) is 17.1. The van der Waals surface area contributed by atoms with Crippen LogP contribution in [0.1, 0.15) is 46.9 Å². The molecule has 1 fully saturated rings. The molecule has 1 amide bonds. The van der Waals surface area contributed by atoms with Crippen LogP contribution in [0.15, 0.2) is 66.7 Å². The summed E-state index contributed by atoms with van der Waals surface area (Å²) in [5, 5.41) is 0.738. The first-order valence-electron chi connectivity index (χ1n) is 12.3. The lowest BCUT2D eigenvalue weighted by Gasteiger charge is -2.23. The number of benzene rings is 3. The third kappa shape index (κ3) is 4.04. The summed E-state index contributed by atoms with van der Waals surface area (Å²) < 4.78 is 0. The Bertz CT molecular complexity index is 1410. The molecule has 1 aromatic heterocycles. The topological polar surface area (TPSA) is 75.4 Å². The molecule has 176 valence electrons. The summed E-state index contributed by atoms with van der Waals surface area (Å²) in [5.41, 5.74) is 13.0. The maximum atomic E-state index is 13.6. The number of carbonyl (C=O) groups is 1. The molecule has 0 saturated carbocycles. The second-order valence-electron chi connectivity index (χ2n) is 9.71. The van der Waals surface area contributed by atoms with Gasteiger partial charge in [-0.3, -0.25) is 9.69 Å². The van der Waals surface area contributed by atoms with E-state index in [2.05, 4.69) is 70.3 Å². The third-order valence-electron chi connectivity index (χ3n) is 7.44. The van der Waals surface area contributed by atoms with Crippen LogP contribution in [0, 0.1) is 0 Å². The van der Waals surface area contributed by atoms with E-state index in [1.807, 2.05) is 23.1 Å². The number of hydrogen-bond acceptors (Lipinski definition) is 5. The predicted octanol–water partition coefficient (Wildman–Crippen LogP) is 5.02. The zero-order valence-corrected chi connectivity index (χ0v) is 19.9. The van der Waals surface area contributed by atoms with Gasteiger partial charge < -0.3 is 10.6 Å². The maximum Gasteiger partial charge on any atom is 0.273 e. The average Bonchev–Trinajstić information content (AvgIpc) is 3.49. The number of fused-ring (bicyclic) bond motifs is 2. The van der Waals surface area contributed by atoms with E-state index in [1.54, 1.807) is 0 Å². The highest BCUT2D eigenvalue weighted by molar-refractivity contribution is 6.06. The van der Waals surface area contributed by atoms with Crippen LogP contribution in [0.4, 0.5) is 5.95 Å². The van der Waals surface area contributed by atoms with Crippen LogP contribution in [-0.2, 0) is 19.6 Å². The van der Waals surface area contributed by atoms with E-state index in [0.29, 0.717) is 30.3 Å². The molecule has 3 aromatic carbocycles. The van der Waals surface area contributed by atoms with Crippen molar-refractivity contribution in [2.75, 3.05) is 12.3 Å². The smallest absolute Gasteiger partial charge is 0.273 e. The molecule has 6 heteroatoms. The summed E-state index contributed by atoms with van der Waals surface area (Å²) in [6.45, 7) is 5.53. The van der Waals surface area contributed by atoms with Crippen molar-refractivity contribution < 1.29 is 4.79 Å². The fourth-order valence-electron chi connectivity index (χ4n) is 5.49. The molecule has 6 nitrogen and oxygen atoms in total. The standard InChI is InChI=1S/C29H29N5O/c1-19-7-6-14-33(19)18-23-10-4-5-11-24(23)20-12-13-26-25(15-20)27(32-29(30)31-26)28(35)34-16-21-8-2-3-9-22(21)17-34/h2-5,8-13,15,19H,6-7,14,16-18H2,1H3,(H2,30,31,32)/t19-/m0/s1. The average molecular weight is 464 g/mol. The van der Waals surface area contributed by atoms with Gasteiger partial charge in [-0.15, -0.1) is 0 Å². The van der Waals surface area contributed by atoms with Gasteiger partial charge in [0.2, 0.25) is 5.95 Å². The SMILES string of the molecule is C[C@H]1CCCN1Cc1ccccc1-c1ccc2nc(N)nc(C(=O)N3Cc4ccccc4C3)c2c1. The Morgan fingerprint density at radius 2 is 1.74 bits per heavy atom. The van der Waals surface area contributed by atoms with Gasteiger partial charge in [-0.05, 0) is 66.3 Å². The molecule has 35 heavy (non-hydrogen) atoms. The van der Waals surface area contributed by atoms with Crippen LogP contribution in [-0.4, -0.2) is 38.3 Å². The van der Waals surface area contributed by atoms with Crippen LogP contribution in [0.2, 0.25) is 0 Å². The molecule has 2 aliphatic heterocycles. The van der Waals surface area contributed by atoms with Crippen LogP contribution in [0.25, 0.3) is 22.0 Å². The van der Waals surface area contributed by atoms with Crippen molar-refractivity contribution in [3.8, 4) is 11.1 Å². The first-order valence-corrected chi connectivity index (χ1v) is 12.3. The van der Waals surface area contributed by atoms with Gasteiger partial charge in [0.25, 0.3) is 5.91 Å². The number of nitrogen functional groups attached to an aromatic ring is 1. The number of likely N-dealkylation sites (tertiary alicyclic amines) is 1. The van der Waals surface area contributed by atoms with E-state index in [-0.39, 0.29) is 11.9 Å². The molecule has 1 atom stereocenters. The minimum absolute atomic E-state index is 0.114. The molecule has 2 aliphatic rings. The van der Waals surface area contributed by atoms with Gasteiger partial charge in [0.15, 0.2) is 0 Å². The Hall–Kier alpha value is -3.77. The fourth-order valence-corrected chi connectivity index (χ4v) is 5.49. The summed E-state index contributed by atoms with van der Waals surface area (Å²) in [6, 6.07) is 23.4. The summed E-state index contributed by atoms with van der Waals surface area (Å²) >= 11 is 0. The summed E-state index contributed by atoms with van der Waals surface area (Å²) in [7, 11) is 0. The minimum atomic E-state index is -0.114. The Morgan fingerprint density at radius 3 is 2.49 bits per heavy atom. The van der Waals surface area contributed by atoms with E-state index < -0.39 is 0 Å². The van der Waals surface area contributed by atoms with Crippen molar-refractivity contribution in [3.05, 3.63) is 89.1 Å². The Morgan fingerprint density at radius 1 is 1.00 bits per heavy atom. The molecule has 6 rings (SSSR count). The van der Waals surface area contributed by atoms with Gasteiger partial charge in [0.1, 0.15) is 5.69 Å². The highest BCUT2D eigenvalue weighted by Crippen LogP contribution is 2.32. The van der Waals surface area contributed by atoms with Gasteiger partial charge >= 0.3 is 0 Å². The highest BCUT2D eigenvalue weighted by atomic mass is 16.2. The van der Waals surface area contributed by atoms with Crippen LogP contribution in [0.5, 0.6) is 0 Å². The number of anilines is 1. The van der Waals surface area contributed by atoms with E-state index in [1.165, 1.54) is 35.1 Å². The Balaban J connectivity index is 1.39. The zero-order chi connectivity index (χ0) is 23.9. The number of nitrogens with two attached hydrogens (primary N) is 1. The normalized spacial score (nSPS) is 17.7. The lowest BCUT2D eigenvalue weighted by molar-refractivity contribution is 0.0747. The van der Waals surface area contributed by atoms with Crippen LogP contribution >= 0.6 is 0 Å². The third-order valence-corrected chi connectivity index (χ3v) is 7.44. The van der Waals surface area contributed by atoms with Crippen molar-refractivity contribution in [2.24, 2.45) is 0 Å². The molecule has 4 aromatic rings. The summed E-state index contributed by atoms with van der Waals surface area (Å²) in [6.07, 6.45) is 2.51. The van der Waals surface area contributed by atoms with Crippen molar-refractivity contribution in [1.29, 1.82) is 0 Å². The van der Waals surface area contributed by atoms with E-state index in [4.69, 9.17) is 5.73 Å². The van der Waals surface area contributed by atoms with Crippen molar-refractivity contribution in [3.63, 3.8) is 0 Å². The van der Waals surface area contributed by atoms with Gasteiger partial charge in [-0.2, -0.15) is 0 Å². The predicted molar refractivity (Wildman–Crippen MR) is 139 cm³/mol. The number of hydrogen-bond donors (Lipinski definition) is 1. The molecule has 0 bridgehead atoms. The minimum Gasteiger partial charge on any atom is -0.368 e. The van der Waals surface area contributed by atoms with E-state index in [0.717, 1.165) is 24.0 Å². The van der Waals surface area contributed by atoms with Gasteiger partial charge in [0, 0.05) is 31.1 Å². The van der Waals surface area contributed by atoms with Gasteiger partial charge in [-0.1, -0.05) is 54.6 Å². The Kier molecular flexibility index (Phi) is 5.46. The molecule has 0 spiro atoms. The maximum absolute atomic E-state index is 13.6. The summed E-state index contributed by atoms with van der Waals surface area (Å²) in [5.74, 6) is 0.00496. The van der Waals surface area contributed by atoms with Gasteiger partial charge in [-0.25, -0.2) is 9.97 Å². The first kappa shape index (κ1) is 21.7. The van der Waals surface area contributed by atoms with E-state index >= 15 is 0 Å². The molecule has 3 heterocycles. The number of rotatable bonds is 4. The molecule has 0 unspecified atom stereocenters. The quantitative estimate of drug-likeness (QED) is 0.460. The van der Waals surface area contributed by atoms with Crippen LogP contribution in [0.3, 0.4) is 0 Å². The van der Waals surface area contributed by atoms with Crippen molar-refractivity contribution >= 4 is 22.8 Å². The van der Waals surface area contributed by atoms with Crippen molar-refractivity contribution in [2.45, 2.75) is 45.4 Å². The number of amides is 1. The fraction of sp³-hybridized carbons (Fsp3) is 0.276. The second kappa shape index (κ2) is 8.78. The molecule has 1 saturated heterocycles. The monoisotopic (exact) mass is 463 g/mol. The lowest BCUT2D eigenvalue weighted by Crippen LogP contribution is -2.27. The number of nitrogens with zero attached hydrogens (tertiary/aromatic N) is 4. The Labute approximate surface area is 205 Å². The highest BCUT2D eigenvalue weighted by Gasteiger charge is 2.27. The summed E-state index contributed by atoms with van der Waals surface area (Å²) in [4.78, 5) is 26.9. The van der Waals surface area contributed by atoms with Crippen molar-refractivity contribution in [1.82, 2.24) is 19.8 Å². The molecule has 0 aliphatic carbocycles. The number of carbonyl (C=O) groups excluding carboxylic acids is 1. The molecule has 2 N–H and O–H groups in total. The second-order valence-corrected chi connectivity index (χ2v) is 9.71. The molecule has 0 radical (unpaired) electrons. The molecular formula is C29H29N5O. The van der Waals surface area contributed by atoms with E-state index in [9.17, 15) is 4.79 Å². The number of aromatic nitrogens is 2. The lowest BCUT2D eigenvalue weighted by atomic mass is 9.97. The molecular weight excluding hydrogens is 434 g/mol. The van der Waals surface area contributed by atoms with Crippen LogP contribution < -0.4 is 5.73 Å². The largest absolute Gasteiger partial charge is 0.368 e. The van der Waals surface area contributed by atoms with Gasteiger partial charge in [0.05, 0.1) is 5.52 Å².